The highest BCUT2D eigenvalue weighted by Crippen LogP contribution is 1.78. The quantitative estimate of drug-likeness (QED) is 0.597. The summed E-state index contributed by atoms with van der Waals surface area (Å²) in [7, 11) is 0. The van der Waals surface area contributed by atoms with Gasteiger partial charge in [-0.2, -0.15) is 10.4 Å². The molecule has 0 aliphatic carbocycles. The normalized spacial score (nSPS) is 9.10. The van der Waals surface area contributed by atoms with Crippen LogP contribution in [0.2, 0.25) is 0 Å². The third kappa shape index (κ3) is 1.23. The zero-order chi connectivity index (χ0) is 7.40. The van der Waals surface area contributed by atoms with E-state index in [0.717, 1.165) is 0 Å². The summed E-state index contributed by atoms with van der Waals surface area (Å²) in [6, 6.07) is 1.92. The molecule has 0 aliphatic rings. The number of H-pyrrole nitrogens is 1. The van der Waals surface area contributed by atoms with Crippen LogP contribution in [-0.2, 0) is 6.54 Å². The average molecular weight is 138 g/mol. The summed E-state index contributed by atoms with van der Waals surface area (Å²) < 4.78 is 1.21. The lowest BCUT2D eigenvalue weighted by Crippen LogP contribution is -2.17. The van der Waals surface area contributed by atoms with Gasteiger partial charge >= 0.3 is 5.69 Å². The minimum Gasteiger partial charge on any atom is -0.295 e. The second kappa shape index (κ2) is 2.82. The molecular formula is C5H6N4O. The molecule has 0 fully saturated rings. The van der Waals surface area contributed by atoms with E-state index >= 15 is 0 Å². The van der Waals surface area contributed by atoms with Crippen LogP contribution in [0.4, 0.5) is 0 Å². The average Bonchev–Trinajstić information content (AvgIpc) is 2.31. The predicted molar refractivity (Wildman–Crippen MR) is 33.1 cm³/mol. The topological polar surface area (TPSA) is 74.5 Å². The molecule has 1 N–H and O–H groups in total. The first-order valence-corrected chi connectivity index (χ1v) is 2.82. The molecule has 10 heavy (non-hydrogen) atoms. The van der Waals surface area contributed by atoms with Crippen molar-refractivity contribution in [1.82, 2.24) is 14.8 Å². The molecule has 0 bridgehead atoms. The summed E-state index contributed by atoms with van der Waals surface area (Å²) >= 11 is 0. The fourth-order valence-electron chi connectivity index (χ4n) is 0.596. The van der Waals surface area contributed by atoms with Gasteiger partial charge in [0.1, 0.15) is 6.33 Å². The molecule has 0 radical (unpaired) electrons. The Morgan fingerprint density at radius 3 is 3.20 bits per heavy atom. The maximum absolute atomic E-state index is 10.7. The first-order valence-electron chi connectivity index (χ1n) is 2.82. The maximum Gasteiger partial charge on any atom is 0.343 e. The number of nitriles is 1. The number of nitrogens with zero attached hydrogens (tertiary/aromatic N) is 3. The zero-order valence-electron chi connectivity index (χ0n) is 5.24. The Kier molecular flexibility index (Phi) is 1.85. The maximum atomic E-state index is 10.7. The van der Waals surface area contributed by atoms with Crippen molar-refractivity contribution >= 4 is 0 Å². The fourth-order valence-corrected chi connectivity index (χ4v) is 0.596. The van der Waals surface area contributed by atoms with Crippen LogP contribution in [0.25, 0.3) is 0 Å². The number of aryl methyl sites for hydroxylation is 1. The second-order valence-corrected chi connectivity index (χ2v) is 1.73. The number of nitrogens with one attached hydrogen (secondary N) is 1. The van der Waals surface area contributed by atoms with E-state index in [0.29, 0.717) is 13.0 Å². The van der Waals surface area contributed by atoms with E-state index in [1.165, 1.54) is 11.0 Å². The second-order valence-electron chi connectivity index (χ2n) is 1.73. The van der Waals surface area contributed by atoms with Crippen LogP contribution in [0.5, 0.6) is 0 Å². The van der Waals surface area contributed by atoms with Gasteiger partial charge in [-0.25, -0.2) is 9.48 Å². The molecule has 1 heterocycles. The van der Waals surface area contributed by atoms with Crippen LogP contribution in [0.3, 0.4) is 0 Å². The monoisotopic (exact) mass is 138 g/mol. The Morgan fingerprint density at radius 2 is 2.70 bits per heavy atom. The first-order chi connectivity index (χ1) is 4.84. The molecule has 1 aromatic rings. The van der Waals surface area contributed by atoms with Crippen LogP contribution in [0.1, 0.15) is 6.42 Å². The Morgan fingerprint density at radius 1 is 1.90 bits per heavy atom. The number of hydrogen-bond acceptors (Lipinski definition) is 3. The van der Waals surface area contributed by atoms with Gasteiger partial charge in [-0.15, -0.1) is 0 Å². The Labute approximate surface area is 56.9 Å². The van der Waals surface area contributed by atoms with Crippen molar-refractivity contribution in [3.05, 3.63) is 16.8 Å². The Hall–Kier alpha value is -1.57. The highest BCUT2D eigenvalue weighted by molar-refractivity contribution is 4.69. The third-order valence-corrected chi connectivity index (χ3v) is 1.05. The van der Waals surface area contributed by atoms with Crippen LogP contribution in [0, 0.1) is 11.3 Å². The zero-order valence-corrected chi connectivity index (χ0v) is 5.24. The van der Waals surface area contributed by atoms with Gasteiger partial charge in [0.15, 0.2) is 0 Å². The SMILES string of the molecule is N#CCCn1nc[nH]c1=O. The molecule has 0 unspecified atom stereocenters. The lowest BCUT2D eigenvalue weighted by molar-refractivity contribution is 0.604. The highest BCUT2D eigenvalue weighted by atomic mass is 16.1. The van der Waals surface area contributed by atoms with Gasteiger partial charge in [0.2, 0.25) is 0 Å². The molecule has 5 nitrogen and oxygen atoms in total. The van der Waals surface area contributed by atoms with Crippen LogP contribution < -0.4 is 5.69 Å². The molecule has 1 rings (SSSR count). The van der Waals surface area contributed by atoms with Crippen molar-refractivity contribution in [2.24, 2.45) is 0 Å². The van der Waals surface area contributed by atoms with E-state index in [-0.39, 0.29) is 5.69 Å². The Bertz CT molecular complexity index is 291. The molecule has 0 aromatic carbocycles. The summed E-state index contributed by atoms with van der Waals surface area (Å²) in [6.45, 7) is 0.360. The van der Waals surface area contributed by atoms with E-state index in [9.17, 15) is 4.79 Å². The predicted octanol–water partition coefficient (Wildman–Crippen LogP) is -0.515. The first kappa shape index (κ1) is 6.55. The fraction of sp³-hybridized carbons (Fsp3) is 0.400. The van der Waals surface area contributed by atoms with Crippen molar-refractivity contribution in [1.29, 1.82) is 5.26 Å². The van der Waals surface area contributed by atoms with Crippen molar-refractivity contribution < 1.29 is 0 Å². The molecule has 1 aromatic heterocycles. The van der Waals surface area contributed by atoms with E-state index in [1.54, 1.807) is 0 Å². The van der Waals surface area contributed by atoms with Gasteiger partial charge in [0.05, 0.1) is 19.0 Å². The van der Waals surface area contributed by atoms with Crippen molar-refractivity contribution in [2.45, 2.75) is 13.0 Å². The molecule has 0 spiro atoms. The van der Waals surface area contributed by atoms with Gasteiger partial charge in [-0.3, -0.25) is 4.98 Å². The van der Waals surface area contributed by atoms with Gasteiger partial charge in [0.25, 0.3) is 0 Å². The molecule has 0 amide bonds. The summed E-state index contributed by atoms with van der Waals surface area (Å²) in [6.07, 6.45) is 1.62. The standard InChI is InChI=1S/C5H6N4O/c6-2-1-3-9-5(10)7-4-8-9/h4H,1,3H2,(H,7,8,10). The molecule has 0 saturated heterocycles. The highest BCUT2D eigenvalue weighted by Gasteiger charge is 1.93. The van der Waals surface area contributed by atoms with Gasteiger partial charge in [-0.05, 0) is 0 Å². The minimum atomic E-state index is -0.268. The van der Waals surface area contributed by atoms with Crippen LogP contribution in [-0.4, -0.2) is 14.8 Å². The summed E-state index contributed by atoms with van der Waals surface area (Å²) in [5.74, 6) is 0. The van der Waals surface area contributed by atoms with E-state index in [4.69, 9.17) is 5.26 Å². The molecular weight excluding hydrogens is 132 g/mol. The molecule has 52 valence electrons. The van der Waals surface area contributed by atoms with Crippen LogP contribution in [0.15, 0.2) is 11.1 Å². The number of hydrogen-bond donors (Lipinski definition) is 1. The van der Waals surface area contributed by atoms with Crippen LogP contribution >= 0.6 is 0 Å². The smallest absolute Gasteiger partial charge is 0.295 e. The number of aromatic amines is 1. The van der Waals surface area contributed by atoms with Crippen molar-refractivity contribution in [2.75, 3.05) is 0 Å². The number of aromatic nitrogens is 3. The van der Waals surface area contributed by atoms with Gasteiger partial charge < -0.3 is 0 Å². The lowest BCUT2D eigenvalue weighted by atomic mass is 10.5. The molecule has 5 heteroatoms. The van der Waals surface area contributed by atoms with Crippen molar-refractivity contribution in [3.8, 4) is 6.07 Å². The number of rotatable bonds is 2. The molecule has 0 aliphatic heterocycles. The summed E-state index contributed by atoms with van der Waals surface area (Å²) in [4.78, 5) is 13.0. The third-order valence-electron chi connectivity index (χ3n) is 1.05. The van der Waals surface area contributed by atoms with Gasteiger partial charge in [0, 0.05) is 0 Å². The van der Waals surface area contributed by atoms with E-state index in [1.807, 2.05) is 6.07 Å². The molecule has 0 saturated carbocycles. The van der Waals surface area contributed by atoms with E-state index in [2.05, 4.69) is 10.1 Å². The largest absolute Gasteiger partial charge is 0.343 e. The van der Waals surface area contributed by atoms with E-state index < -0.39 is 0 Å². The van der Waals surface area contributed by atoms with Gasteiger partial charge in [-0.1, -0.05) is 0 Å². The van der Waals surface area contributed by atoms with Crippen molar-refractivity contribution in [3.63, 3.8) is 0 Å². The summed E-state index contributed by atoms with van der Waals surface area (Å²) in [5, 5.41) is 11.8. The lowest BCUT2D eigenvalue weighted by Gasteiger charge is -1.89. The Balaban J connectivity index is 2.68. The molecule has 0 atom stereocenters. The summed E-state index contributed by atoms with van der Waals surface area (Å²) in [5.41, 5.74) is -0.268. The minimum absolute atomic E-state index is 0.268.